The van der Waals surface area contributed by atoms with E-state index < -0.39 is 5.54 Å². The first-order chi connectivity index (χ1) is 14.9. The topological polar surface area (TPSA) is 86.4 Å². The number of nitrogens with zero attached hydrogens (tertiary/aromatic N) is 2. The first-order valence-electron chi connectivity index (χ1n) is 9.73. The number of ether oxygens (including phenoxy) is 1. The highest BCUT2D eigenvalue weighted by Crippen LogP contribution is 2.24. The van der Waals surface area contributed by atoms with Gasteiger partial charge in [-0.2, -0.15) is 5.10 Å². The number of carbonyl (C=O) groups is 1. The molecule has 0 saturated heterocycles. The van der Waals surface area contributed by atoms with Crippen LogP contribution in [0.15, 0.2) is 94.3 Å². The molecule has 4 rings (SSSR count). The van der Waals surface area contributed by atoms with E-state index in [9.17, 15) is 9.59 Å². The zero-order chi connectivity index (χ0) is 21.8. The van der Waals surface area contributed by atoms with Crippen LogP contribution in [-0.4, -0.2) is 15.7 Å². The number of hydrogen-bond acceptors (Lipinski definition) is 5. The molecule has 2 aromatic heterocycles. The van der Waals surface area contributed by atoms with Crippen LogP contribution in [0.5, 0.6) is 11.5 Å². The van der Waals surface area contributed by atoms with E-state index in [0.29, 0.717) is 22.9 Å². The Morgan fingerprint density at radius 1 is 0.935 bits per heavy atom. The fourth-order valence-electron chi connectivity index (χ4n) is 2.98. The predicted molar refractivity (Wildman–Crippen MR) is 117 cm³/mol. The van der Waals surface area contributed by atoms with Crippen LogP contribution in [0.25, 0.3) is 11.5 Å². The summed E-state index contributed by atoms with van der Waals surface area (Å²) in [4.78, 5) is 25.4. The van der Waals surface area contributed by atoms with Crippen molar-refractivity contribution in [3.05, 3.63) is 95.5 Å². The lowest BCUT2D eigenvalue weighted by Crippen LogP contribution is -2.47. The van der Waals surface area contributed by atoms with Crippen molar-refractivity contribution in [3.8, 4) is 23.0 Å². The molecule has 0 bridgehead atoms. The molecule has 0 unspecified atom stereocenters. The second kappa shape index (κ2) is 8.31. The van der Waals surface area contributed by atoms with Crippen LogP contribution in [0.1, 0.15) is 13.8 Å². The van der Waals surface area contributed by atoms with Crippen molar-refractivity contribution >= 4 is 11.6 Å². The van der Waals surface area contributed by atoms with E-state index >= 15 is 0 Å². The van der Waals surface area contributed by atoms with E-state index in [1.165, 1.54) is 12.3 Å². The monoisotopic (exact) mass is 415 g/mol. The molecule has 0 atom stereocenters. The molecular formula is C24H21N3O4. The van der Waals surface area contributed by atoms with Crippen molar-refractivity contribution in [2.24, 2.45) is 0 Å². The Morgan fingerprint density at radius 3 is 2.32 bits per heavy atom. The number of anilines is 1. The van der Waals surface area contributed by atoms with Crippen molar-refractivity contribution in [1.82, 2.24) is 9.78 Å². The Morgan fingerprint density at radius 2 is 1.65 bits per heavy atom. The van der Waals surface area contributed by atoms with E-state index in [1.807, 2.05) is 30.3 Å². The molecular weight excluding hydrogens is 394 g/mol. The SMILES string of the molecule is CC(C)(C(=O)Nc1ccc(Oc2ccccc2)cc1)n1nc(-c2ccco2)ccc1=O. The molecule has 7 heteroatoms. The minimum Gasteiger partial charge on any atom is -0.463 e. The van der Waals surface area contributed by atoms with Crippen LogP contribution < -0.4 is 15.6 Å². The van der Waals surface area contributed by atoms with Gasteiger partial charge in [0.2, 0.25) is 0 Å². The maximum absolute atomic E-state index is 13.0. The summed E-state index contributed by atoms with van der Waals surface area (Å²) >= 11 is 0. The van der Waals surface area contributed by atoms with Gasteiger partial charge in [0.25, 0.3) is 11.5 Å². The Kier molecular flexibility index (Phi) is 5.41. The number of benzene rings is 2. The molecule has 0 spiro atoms. The van der Waals surface area contributed by atoms with Gasteiger partial charge in [-0.25, -0.2) is 4.68 Å². The molecule has 0 aliphatic rings. The molecule has 0 aliphatic heterocycles. The molecule has 2 heterocycles. The quantitative estimate of drug-likeness (QED) is 0.495. The predicted octanol–water partition coefficient (Wildman–Crippen LogP) is 4.67. The van der Waals surface area contributed by atoms with Crippen LogP contribution in [-0.2, 0) is 10.3 Å². The highest BCUT2D eigenvalue weighted by molar-refractivity contribution is 5.96. The molecule has 7 nitrogen and oxygen atoms in total. The number of para-hydroxylation sites is 1. The second-order valence-electron chi connectivity index (χ2n) is 7.40. The van der Waals surface area contributed by atoms with Gasteiger partial charge in [0.15, 0.2) is 5.76 Å². The Labute approximate surface area is 178 Å². The lowest BCUT2D eigenvalue weighted by Gasteiger charge is -2.25. The third-order valence-electron chi connectivity index (χ3n) is 4.75. The number of aromatic nitrogens is 2. The number of hydrogen-bond donors (Lipinski definition) is 1. The van der Waals surface area contributed by atoms with E-state index in [1.54, 1.807) is 56.3 Å². The van der Waals surface area contributed by atoms with Gasteiger partial charge in [0.05, 0.1) is 6.26 Å². The highest BCUT2D eigenvalue weighted by Gasteiger charge is 2.32. The third kappa shape index (κ3) is 4.40. The minimum absolute atomic E-state index is 0.379. The average molecular weight is 415 g/mol. The molecule has 2 aromatic carbocycles. The number of furan rings is 1. The second-order valence-corrected chi connectivity index (χ2v) is 7.40. The molecule has 4 aromatic rings. The molecule has 0 saturated carbocycles. The van der Waals surface area contributed by atoms with E-state index in [-0.39, 0.29) is 11.5 Å². The Bertz CT molecular complexity index is 1230. The summed E-state index contributed by atoms with van der Waals surface area (Å²) in [6.07, 6.45) is 1.52. The summed E-state index contributed by atoms with van der Waals surface area (Å²) < 4.78 is 12.3. The molecule has 0 fully saturated rings. The van der Waals surface area contributed by atoms with E-state index in [2.05, 4.69) is 10.4 Å². The zero-order valence-electron chi connectivity index (χ0n) is 17.1. The average Bonchev–Trinajstić information content (AvgIpc) is 3.31. The number of nitrogens with one attached hydrogen (secondary N) is 1. The minimum atomic E-state index is -1.24. The van der Waals surface area contributed by atoms with Crippen molar-refractivity contribution < 1.29 is 13.9 Å². The highest BCUT2D eigenvalue weighted by atomic mass is 16.5. The molecule has 0 radical (unpaired) electrons. The maximum atomic E-state index is 13.0. The van der Waals surface area contributed by atoms with Gasteiger partial charge in [-0.1, -0.05) is 18.2 Å². The van der Waals surface area contributed by atoms with Gasteiger partial charge in [0, 0.05) is 11.8 Å². The normalized spacial score (nSPS) is 11.2. The van der Waals surface area contributed by atoms with Crippen LogP contribution in [0.4, 0.5) is 5.69 Å². The maximum Gasteiger partial charge on any atom is 0.267 e. The van der Waals surface area contributed by atoms with Gasteiger partial charge < -0.3 is 14.5 Å². The fraction of sp³-hybridized carbons (Fsp3) is 0.125. The molecule has 0 aliphatic carbocycles. The van der Waals surface area contributed by atoms with Gasteiger partial charge >= 0.3 is 0 Å². The van der Waals surface area contributed by atoms with Crippen LogP contribution in [0.2, 0.25) is 0 Å². The summed E-state index contributed by atoms with van der Waals surface area (Å²) in [6, 6.07) is 22.8. The van der Waals surface area contributed by atoms with Crippen LogP contribution in [0.3, 0.4) is 0 Å². The summed E-state index contributed by atoms with van der Waals surface area (Å²) in [7, 11) is 0. The summed E-state index contributed by atoms with van der Waals surface area (Å²) in [6.45, 7) is 3.27. The number of rotatable bonds is 6. The number of carbonyl (C=O) groups excluding carboxylic acids is 1. The lowest BCUT2D eigenvalue weighted by atomic mass is 10.0. The van der Waals surface area contributed by atoms with Gasteiger partial charge in [-0.15, -0.1) is 0 Å². The Hall–Kier alpha value is -4.13. The van der Waals surface area contributed by atoms with Crippen molar-refractivity contribution in [2.75, 3.05) is 5.32 Å². The third-order valence-corrected chi connectivity index (χ3v) is 4.75. The molecule has 1 amide bonds. The Balaban J connectivity index is 1.51. The molecule has 156 valence electrons. The summed E-state index contributed by atoms with van der Waals surface area (Å²) in [5, 5.41) is 7.18. The zero-order valence-corrected chi connectivity index (χ0v) is 17.1. The summed E-state index contributed by atoms with van der Waals surface area (Å²) in [5.74, 6) is 1.50. The first-order valence-corrected chi connectivity index (χ1v) is 9.73. The van der Waals surface area contributed by atoms with Gasteiger partial charge in [-0.3, -0.25) is 9.59 Å². The van der Waals surface area contributed by atoms with Crippen molar-refractivity contribution in [1.29, 1.82) is 0 Å². The number of amides is 1. The molecule has 1 N–H and O–H groups in total. The van der Waals surface area contributed by atoms with Crippen molar-refractivity contribution in [3.63, 3.8) is 0 Å². The first kappa shape index (κ1) is 20.2. The van der Waals surface area contributed by atoms with Crippen LogP contribution in [0, 0.1) is 0 Å². The smallest absolute Gasteiger partial charge is 0.267 e. The van der Waals surface area contributed by atoms with Crippen LogP contribution >= 0.6 is 0 Å². The van der Waals surface area contributed by atoms with E-state index in [4.69, 9.17) is 9.15 Å². The molecule has 31 heavy (non-hydrogen) atoms. The summed E-state index contributed by atoms with van der Waals surface area (Å²) in [5.41, 5.74) is -0.581. The standard InChI is InChI=1S/C24H21N3O4/c1-24(2,27-22(28)15-14-20(26-27)21-9-6-16-30-21)23(29)25-17-10-12-19(13-11-17)31-18-7-4-3-5-8-18/h3-16H,1-2H3,(H,25,29). The fourth-order valence-corrected chi connectivity index (χ4v) is 2.98. The van der Waals surface area contributed by atoms with Crippen molar-refractivity contribution in [2.45, 2.75) is 19.4 Å². The van der Waals surface area contributed by atoms with E-state index in [0.717, 1.165) is 10.4 Å². The largest absolute Gasteiger partial charge is 0.463 e. The van der Waals surface area contributed by atoms with Gasteiger partial charge in [-0.05, 0) is 68.4 Å². The van der Waals surface area contributed by atoms with Gasteiger partial charge in [0.1, 0.15) is 22.7 Å². The lowest BCUT2D eigenvalue weighted by molar-refractivity contribution is -0.123.